The van der Waals surface area contributed by atoms with Gasteiger partial charge in [-0.25, -0.2) is 9.78 Å². The summed E-state index contributed by atoms with van der Waals surface area (Å²) in [5, 5.41) is 0. The molecule has 37 heavy (non-hydrogen) atoms. The predicted molar refractivity (Wildman–Crippen MR) is 151 cm³/mol. The molecule has 0 atom stereocenters. The van der Waals surface area contributed by atoms with E-state index in [9.17, 15) is 14.4 Å². The van der Waals surface area contributed by atoms with Crippen molar-refractivity contribution in [3.05, 3.63) is 45.2 Å². The largest absolute Gasteiger partial charge is 0.450 e. The first-order valence-electron chi connectivity index (χ1n) is 12.9. The van der Waals surface area contributed by atoms with Gasteiger partial charge in [-0.3, -0.25) is 18.9 Å². The Morgan fingerprint density at radius 2 is 1.86 bits per heavy atom. The molecule has 0 aliphatic carbocycles. The molecule has 0 unspecified atom stereocenters. The Balaban J connectivity index is 1.61. The number of amides is 2. The Kier molecular flexibility index (Phi) is 9.20. The van der Waals surface area contributed by atoms with Crippen LogP contribution in [-0.2, 0) is 9.53 Å². The number of hydrogen-bond acceptors (Lipinski definition) is 8. The molecule has 2 fully saturated rings. The van der Waals surface area contributed by atoms with Crippen LogP contribution in [0.4, 0.5) is 10.6 Å². The number of piperazine rings is 1. The Labute approximate surface area is 226 Å². The lowest BCUT2D eigenvalue weighted by atomic mass is 10.1. The maximum atomic E-state index is 13.6. The van der Waals surface area contributed by atoms with Crippen molar-refractivity contribution < 1.29 is 14.3 Å². The van der Waals surface area contributed by atoms with E-state index in [1.807, 2.05) is 11.0 Å². The van der Waals surface area contributed by atoms with Gasteiger partial charge < -0.3 is 14.5 Å². The van der Waals surface area contributed by atoms with E-state index in [2.05, 4.69) is 6.92 Å². The van der Waals surface area contributed by atoms with Gasteiger partial charge in [-0.2, -0.15) is 0 Å². The van der Waals surface area contributed by atoms with Gasteiger partial charge in [0.1, 0.15) is 15.8 Å². The lowest BCUT2D eigenvalue weighted by Crippen LogP contribution is -2.49. The topological polar surface area (TPSA) is 87.5 Å². The molecule has 2 aliphatic heterocycles. The van der Waals surface area contributed by atoms with Crippen LogP contribution in [0.15, 0.2) is 34.1 Å². The van der Waals surface area contributed by atoms with Gasteiger partial charge in [0.05, 0.1) is 17.1 Å². The molecule has 198 valence electrons. The van der Waals surface area contributed by atoms with Gasteiger partial charge in [0.2, 0.25) is 0 Å². The van der Waals surface area contributed by atoms with E-state index in [-0.39, 0.29) is 17.6 Å². The van der Waals surface area contributed by atoms with Gasteiger partial charge in [0, 0.05) is 38.9 Å². The van der Waals surface area contributed by atoms with E-state index in [0.29, 0.717) is 65.6 Å². The normalized spacial score (nSPS) is 17.4. The number of carbonyl (C=O) groups excluding carboxylic acids is 2. The summed E-state index contributed by atoms with van der Waals surface area (Å²) < 4.78 is 7.13. The zero-order chi connectivity index (χ0) is 26.4. The van der Waals surface area contributed by atoms with Gasteiger partial charge in [0.25, 0.3) is 11.5 Å². The Morgan fingerprint density at radius 1 is 1.11 bits per heavy atom. The Hall–Kier alpha value is -2.92. The number of rotatable bonds is 9. The van der Waals surface area contributed by atoms with Crippen LogP contribution in [0.25, 0.3) is 11.7 Å². The number of anilines is 1. The number of pyridine rings is 1. The first-order chi connectivity index (χ1) is 17.9. The van der Waals surface area contributed by atoms with Crippen LogP contribution in [0.3, 0.4) is 0 Å². The molecule has 2 saturated heterocycles. The quantitative estimate of drug-likeness (QED) is 0.265. The lowest BCUT2D eigenvalue weighted by molar-refractivity contribution is -0.122. The summed E-state index contributed by atoms with van der Waals surface area (Å²) in [7, 11) is 0. The minimum Gasteiger partial charge on any atom is -0.450 e. The second-order valence-corrected chi connectivity index (χ2v) is 10.7. The highest BCUT2D eigenvalue weighted by molar-refractivity contribution is 8.26. The first kappa shape index (κ1) is 27.1. The molecule has 9 nitrogen and oxygen atoms in total. The second-order valence-electron chi connectivity index (χ2n) is 9.00. The average molecular weight is 544 g/mol. The van der Waals surface area contributed by atoms with Gasteiger partial charge >= 0.3 is 6.09 Å². The minimum atomic E-state index is -0.340. The van der Waals surface area contributed by atoms with Crippen molar-refractivity contribution in [1.82, 2.24) is 19.2 Å². The van der Waals surface area contributed by atoms with Crippen LogP contribution >= 0.6 is 24.0 Å². The monoisotopic (exact) mass is 543 g/mol. The van der Waals surface area contributed by atoms with E-state index in [1.165, 1.54) is 29.0 Å². The third kappa shape index (κ3) is 6.15. The van der Waals surface area contributed by atoms with Crippen molar-refractivity contribution >= 4 is 57.8 Å². The highest BCUT2D eigenvalue weighted by Gasteiger charge is 2.33. The number of ether oxygens (including phenoxy) is 1. The molecule has 0 spiro atoms. The molecule has 4 heterocycles. The van der Waals surface area contributed by atoms with Gasteiger partial charge in [-0.05, 0) is 31.6 Å². The van der Waals surface area contributed by atoms with Gasteiger partial charge in [0.15, 0.2) is 0 Å². The van der Waals surface area contributed by atoms with Crippen molar-refractivity contribution in [2.75, 3.05) is 44.2 Å². The molecular formula is C26H33N5O4S2. The molecule has 0 N–H and O–H groups in total. The fourth-order valence-corrected chi connectivity index (χ4v) is 5.76. The highest BCUT2D eigenvalue weighted by atomic mass is 32.2. The van der Waals surface area contributed by atoms with E-state index in [1.54, 1.807) is 41.1 Å². The summed E-state index contributed by atoms with van der Waals surface area (Å²) in [5.41, 5.74) is 0.613. The second kappa shape index (κ2) is 12.6. The van der Waals surface area contributed by atoms with Crippen molar-refractivity contribution in [1.29, 1.82) is 0 Å². The van der Waals surface area contributed by atoms with Crippen molar-refractivity contribution in [3.63, 3.8) is 0 Å². The molecule has 0 radical (unpaired) electrons. The van der Waals surface area contributed by atoms with Crippen LogP contribution in [0.5, 0.6) is 0 Å². The number of thioether (sulfide) groups is 1. The summed E-state index contributed by atoms with van der Waals surface area (Å²) in [5.74, 6) is 0.339. The molecule has 2 aromatic heterocycles. The van der Waals surface area contributed by atoms with Crippen molar-refractivity contribution in [3.8, 4) is 0 Å². The number of thiocarbonyl (C=S) groups is 1. The first-order valence-corrected chi connectivity index (χ1v) is 14.1. The summed E-state index contributed by atoms with van der Waals surface area (Å²) in [4.78, 5) is 49.5. The smallest absolute Gasteiger partial charge is 0.409 e. The number of carbonyl (C=O) groups is 2. The molecule has 0 bridgehead atoms. The van der Waals surface area contributed by atoms with E-state index >= 15 is 0 Å². The summed E-state index contributed by atoms with van der Waals surface area (Å²) in [6, 6.07) is 5.38. The molecule has 2 aromatic rings. The van der Waals surface area contributed by atoms with Crippen molar-refractivity contribution in [2.24, 2.45) is 0 Å². The third-order valence-electron chi connectivity index (χ3n) is 6.49. The predicted octanol–water partition coefficient (Wildman–Crippen LogP) is 4.14. The maximum Gasteiger partial charge on any atom is 0.409 e. The minimum absolute atomic E-state index is 0.166. The molecular weight excluding hydrogens is 510 g/mol. The molecule has 11 heteroatoms. The van der Waals surface area contributed by atoms with Crippen molar-refractivity contribution in [2.45, 2.75) is 46.0 Å². The third-order valence-corrected chi connectivity index (χ3v) is 7.87. The van der Waals surface area contributed by atoms with Gasteiger partial charge in [-0.1, -0.05) is 62.7 Å². The summed E-state index contributed by atoms with van der Waals surface area (Å²) in [6.45, 7) is 6.75. The highest BCUT2D eigenvalue weighted by Crippen LogP contribution is 2.34. The number of aromatic nitrogens is 2. The number of nitrogens with zero attached hydrogens (tertiary/aromatic N) is 5. The van der Waals surface area contributed by atoms with Crippen LogP contribution in [0.1, 0.15) is 51.5 Å². The molecule has 0 aromatic carbocycles. The van der Waals surface area contributed by atoms with Crippen LogP contribution in [0.2, 0.25) is 0 Å². The Bertz CT molecular complexity index is 1250. The summed E-state index contributed by atoms with van der Waals surface area (Å²) in [6.07, 6.45) is 8.43. The zero-order valence-electron chi connectivity index (χ0n) is 21.4. The number of unbranched alkanes of at least 4 members (excludes halogenated alkanes) is 4. The SMILES string of the molecule is CCCCCCCN1C(=O)C(=Cc2c(N3CCN(C(=O)OCC)CC3)nc3ccccn3c2=O)SC1=S. The van der Waals surface area contributed by atoms with Crippen LogP contribution < -0.4 is 10.5 Å². The van der Waals surface area contributed by atoms with E-state index in [4.69, 9.17) is 21.9 Å². The summed E-state index contributed by atoms with van der Waals surface area (Å²) >= 11 is 6.74. The standard InChI is InChI=1S/C26H33N5O4S2/c1-3-5-6-7-9-13-31-24(33)20(37-26(31)36)18-19-22(27-21-11-8-10-12-30(21)23(19)32)28-14-16-29(17-15-28)25(34)35-4-2/h8,10-12,18H,3-7,9,13-17H2,1-2H3. The lowest BCUT2D eigenvalue weighted by Gasteiger charge is -2.35. The maximum absolute atomic E-state index is 13.6. The van der Waals surface area contributed by atoms with Crippen LogP contribution in [-0.4, -0.2) is 74.8 Å². The Morgan fingerprint density at radius 3 is 2.59 bits per heavy atom. The van der Waals surface area contributed by atoms with E-state index in [0.717, 1.165) is 19.3 Å². The zero-order valence-corrected chi connectivity index (χ0v) is 23.0. The fraction of sp³-hybridized carbons (Fsp3) is 0.500. The van der Waals surface area contributed by atoms with E-state index < -0.39 is 0 Å². The molecule has 4 rings (SSSR count). The number of fused-ring (bicyclic) bond motifs is 1. The number of hydrogen-bond donors (Lipinski definition) is 0. The fourth-order valence-electron chi connectivity index (χ4n) is 4.47. The molecule has 2 aliphatic rings. The molecule has 0 saturated carbocycles. The van der Waals surface area contributed by atoms with Gasteiger partial charge in [-0.15, -0.1) is 0 Å². The van der Waals surface area contributed by atoms with Crippen LogP contribution in [0, 0.1) is 0 Å². The average Bonchev–Trinajstić information content (AvgIpc) is 3.17. The molecule has 2 amide bonds.